The maximum absolute atomic E-state index is 8.90. The molecule has 14 heavy (non-hydrogen) atoms. The number of nitrogens with two attached hydrogens (primary N) is 1. The molecule has 0 aliphatic rings. The van der Waals surface area contributed by atoms with Crippen molar-refractivity contribution in [3.05, 3.63) is 23.1 Å². The number of thiophene rings is 1. The third-order valence-electron chi connectivity index (χ3n) is 2.00. The maximum atomic E-state index is 8.90. The van der Waals surface area contributed by atoms with Crippen molar-refractivity contribution in [1.82, 2.24) is 0 Å². The van der Waals surface area contributed by atoms with Gasteiger partial charge in [0.1, 0.15) is 11.8 Å². The Kier molecular flexibility index (Phi) is 2.02. The summed E-state index contributed by atoms with van der Waals surface area (Å²) in [6.07, 6.45) is 0. The molecule has 0 atom stereocenters. The molecule has 0 aliphatic heterocycles. The summed E-state index contributed by atoms with van der Waals surface area (Å²) in [5.74, 6) is 0.772. The Morgan fingerprint density at radius 1 is 1.50 bits per heavy atom. The lowest BCUT2D eigenvalue weighted by Crippen LogP contribution is -1.87. The molecule has 3 nitrogen and oxygen atoms in total. The van der Waals surface area contributed by atoms with Gasteiger partial charge in [-0.3, -0.25) is 0 Å². The molecule has 2 N–H and O–H groups in total. The van der Waals surface area contributed by atoms with E-state index in [-0.39, 0.29) is 0 Å². The summed E-state index contributed by atoms with van der Waals surface area (Å²) in [6, 6.07) is 5.63. The van der Waals surface area contributed by atoms with E-state index in [0.29, 0.717) is 11.3 Å². The highest BCUT2D eigenvalue weighted by Crippen LogP contribution is 2.35. The fraction of sp³-hybridized carbons (Fsp3) is 0.100. The van der Waals surface area contributed by atoms with Gasteiger partial charge in [-0.15, -0.1) is 11.3 Å². The van der Waals surface area contributed by atoms with Crippen LogP contribution in [0.4, 0.5) is 5.69 Å². The molecule has 0 unspecified atom stereocenters. The number of hydrogen-bond acceptors (Lipinski definition) is 4. The van der Waals surface area contributed by atoms with Crippen molar-refractivity contribution >= 4 is 27.1 Å². The molecule has 0 amide bonds. The van der Waals surface area contributed by atoms with E-state index in [9.17, 15) is 0 Å². The summed E-state index contributed by atoms with van der Waals surface area (Å²) in [5, 5.41) is 11.7. The molecule has 4 heteroatoms. The van der Waals surface area contributed by atoms with Gasteiger partial charge < -0.3 is 10.5 Å². The van der Waals surface area contributed by atoms with Gasteiger partial charge in [0.2, 0.25) is 0 Å². The lowest BCUT2D eigenvalue weighted by atomic mass is 10.1. The lowest BCUT2D eigenvalue weighted by molar-refractivity contribution is 0.421. The Balaban J connectivity index is 2.85. The second-order valence-electron chi connectivity index (χ2n) is 2.86. The van der Waals surface area contributed by atoms with Crippen molar-refractivity contribution in [3.8, 4) is 11.8 Å². The van der Waals surface area contributed by atoms with Gasteiger partial charge in [0.05, 0.1) is 17.4 Å². The number of nitriles is 1. The van der Waals surface area contributed by atoms with Crippen molar-refractivity contribution in [2.24, 2.45) is 0 Å². The van der Waals surface area contributed by atoms with Crippen LogP contribution in [0.5, 0.6) is 5.75 Å². The van der Waals surface area contributed by atoms with Crippen molar-refractivity contribution in [1.29, 1.82) is 5.26 Å². The number of ether oxygens (including phenoxy) is 1. The van der Waals surface area contributed by atoms with E-state index in [1.807, 2.05) is 11.4 Å². The highest BCUT2D eigenvalue weighted by Gasteiger charge is 2.09. The summed E-state index contributed by atoms with van der Waals surface area (Å²) in [4.78, 5) is 0. The summed E-state index contributed by atoms with van der Waals surface area (Å²) >= 11 is 1.50. The largest absolute Gasteiger partial charge is 0.495 e. The van der Waals surface area contributed by atoms with E-state index in [2.05, 4.69) is 6.07 Å². The Hall–Kier alpha value is -1.73. The van der Waals surface area contributed by atoms with E-state index in [1.165, 1.54) is 11.3 Å². The van der Waals surface area contributed by atoms with Gasteiger partial charge in [-0.05, 0) is 12.1 Å². The molecule has 2 rings (SSSR count). The second-order valence-corrected chi connectivity index (χ2v) is 3.74. The molecular weight excluding hydrogens is 196 g/mol. The van der Waals surface area contributed by atoms with E-state index < -0.39 is 0 Å². The van der Waals surface area contributed by atoms with E-state index in [4.69, 9.17) is 15.7 Å². The summed E-state index contributed by atoms with van der Waals surface area (Å²) in [5.41, 5.74) is 6.87. The van der Waals surface area contributed by atoms with Gasteiger partial charge in [0, 0.05) is 16.5 Å². The SMILES string of the molecule is COc1csc2c(C#N)cc(N)cc12. The molecule has 70 valence electrons. The second kappa shape index (κ2) is 3.20. The molecule has 0 spiro atoms. The minimum atomic E-state index is 0.589. The number of rotatable bonds is 1. The smallest absolute Gasteiger partial charge is 0.137 e. The van der Waals surface area contributed by atoms with E-state index in [1.54, 1.807) is 13.2 Å². The standard InChI is InChI=1S/C10H8N2OS/c1-13-9-5-14-10-6(4-11)2-7(12)3-8(9)10/h2-3,5H,12H2,1H3. The van der Waals surface area contributed by atoms with Crippen molar-refractivity contribution in [3.63, 3.8) is 0 Å². The number of nitrogen functional groups attached to an aromatic ring is 1. The van der Waals surface area contributed by atoms with Crippen molar-refractivity contribution in [2.45, 2.75) is 0 Å². The highest BCUT2D eigenvalue weighted by atomic mass is 32.1. The normalized spacial score (nSPS) is 10.0. The minimum absolute atomic E-state index is 0.589. The zero-order chi connectivity index (χ0) is 10.1. The maximum Gasteiger partial charge on any atom is 0.137 e. The van der Waals surface area contributed by atoms with E-state index in [0.717, 1.165) is 15.8 Å². The van der Waals surface area contributed by atoms with Crippen LogP contribution < -0.4 is 10.5 Å². The number of hydrogen-bond donors (Lipinski definition) is 1. The predicted molar refractivity (Wildman–Crippen MR) is 57.5 cm³/mol. The molecule has 1 aromatic heterocycles. The van der Waals surface area contributed by atoms with Crippen LogP contribution in [0, 0.1) is 11.3 Å². The lowest BCUT2D eigenvalue weighted by Gasteiger charge is -1.99. The molecule has 0 aliphatic carbocycles. The van der Waals surface area contributed by atoms with Crippen LogP contribution in [-0.4, -0.2) is 7.11 Å². The summed E-state index contributed by atoms with van der Waals surface area (Å²) in [6.45, 7) is 0. The Labute approximate surface area is 85.3 Å². The number of methoxy groups -OCH3 is 1. The predicted octanol–water partition coefficient (Wildman–Crippen LogP) is 2.36. The quantitative estimate of drug-likeness (QED) is 0.725. The topological polar surface area (TPSA) is 59.0 Å². The first kappa shape index (κ1) is 8.85. The van der Waals surface area contributed by atoms with Crippen molar-refractivity contribution in [2.75, 3.05) is 12.8 Å². The number of anilines is 1. The fourth-order valence-corrected chi connectivity index (χ4v) is 2.34. The first-order valence-electron chi connectivity index (χ1n) is 4.01. The molecule has 0 radical (unpaired) electrons. The molecular formula is C10H8N2OS. The molecule has 0 saturated heterocycles. The van der Waals surface area contributed by atoms with Crippen LogP contribution >= 0.6 is 11.3 Å². The van der Waals surface area contributed by atoms with Gasteiger partial charge in [-0.25, -0.2) is 0 Å². The zero-order valence-electron chi connectivity index (χ0n) is 7.57. The first-order chi connectivity index (χ1) is 6.76. The number of fused-ring (bicyclic) bond motifs is 1. The van der Waals surface area contributed by atoms with E-state index >= 15 is 0 Å². The van der Waals surface area contributed by atoms with Crippen LogP contribution in [-0.2, 0) is 0 Å². The average Bonchev–Trinajstić information content (AvgIpc) is 2.59. The molecule has 1 heterocycles. The summed E-state index contributed by atoms with van der Waals surface area (Å²) < 4.78 is 6.10. The molecule has 1 aromatic carbocycles. The number of nitrogens with zero attached hydrogens (tertiary/aromatic N) is 1. The third-order valence-corrected chi connectivity index (χ3v) is 3.01. The van der Waals surface area contributed by atoms with Gasteiger partial charge in [0.15, 0.2) is 0 Å². The van der Waals surface area contributed by atoms with Gasteiger partial charge in [0.25, 0.3) is 0 Å². The van der Waals surface area contributed by atoms with Gasteiger partial charge in [-0.1, -0.05) is 0 Å². The fourth-order valence-electron chi connectivity index (χ4n) is 1.38. The summed E-state index contributed by atoms with van der Waals surface area (Å²) in [7, 11) is 1.61. The van der Waals surface area contributed by atoms with Crippen molar-refractivity contribution < 1.29 is 4.74 Å². The van der Waals surface area contributed by atoms with Crippen LogP contribution in [0.15, 0.2) is 17.5 Å². The monoisotopic (exact) mass is 204 g/mol. The van der Waals surface area contributed by atoms with Crippen LogP contribution in [0.3, 0.4) is 0 Å². The minimum Gasteiger partial charge on any atom is -0.495 e. The van der Waals surface area contributed by atoms with Crippen LogP contribution in [0.1, 0.15) is 5.56 Å². The van der Waals surface area contributed by atoms with Gasteiger partial charge >= 0.3 is 0 Å². The number of benzene rings is 1. The first-order valence-corrected chi connectivity index (χ1v) is 4.89. The molecule has 0 fully saturated rings. The average molecular weight is 204 g/mol. The Bertz CT molecular complexity index is 525. The van der Waals surface area contributed by atoms with Crippen LogP contribution in [0.25, 0.3) is 10.1 Å². The third kappa shape index (κ3) is 1.19. The van der Waals surface area contributed by atoms with Gasteiger partial charge in [-0.2, -0.15) is 5.26 Å². The Morgan fingerprint density at radius 3 is 2.93 bits per heavy atom. The molecule has 0 saturated carbocycles. The zero-order valence-corrected chi connectivity index (χ0v) is 8.39. The van der Waals surface area contributed by atoms with Crippen LogP contribution in [0.2, 0.25) is 0 Å². The molecule has 0 bridgehead atoms. The highest BCUT2D eigenvalue weighted by molar-refractivity contribution is 7.17. The Morgan fingerprint density at radius 2 is 2.29 bits per heavy atom. The molecule has 2 aromatic rings.